The van der Waals surface area contributed by atoms with Gasteiger partial charge in [-0.05, 0) is 23.4 Å². The Bertz CT molecular complexity index is 990. The number of thiophene rings is 1. The number of hydrogen-bond donors (Lipinski definition) is 2. The molecule has 3 aromatic rings. The van der Waals surface area contributed by atoms with Crippen molar-refractivity contribution in [3.8, 4) is 0 Å². The molecule has 0 bridgehead atoms. The number of carbonyl (C=O) groups excluding carboxylic acids is 2. The van der Waals surface area contributed by atoms with E-state index in [1.807, 2.05) is 53.6 Å². The summed E-state index contributed by atoms with van der Waals surface area (Å²) in [4.78, 5) is 31.9. The molecule has 0 saturated heterocycles. The third-order valence-electron chi connectivity index (χ3n) is 4.85. The van der Waals surface area contributed by atoms with Crippen molar-refractivity contribution in [3.63, 3.8) is 0 Å². The van der Waals surface area contributed by atoms with Gasteiger partial charge >= 0.3 is 0 Å². The zero-order chi connectivity index (χ0) is 19.1. The third-order valence-corrected chi connectivity index (χ3v) is 5.96. The average molecular weight is 384 g/mol. The number of rotatable bonds is 3. The molecule has 1 aliphatic heterocycles. The summed E-state index contributed by atoms with van der Waals surface area (Å²) in [5.41, 5.74) is 1.76. The maximum Gasteiger partial charge on any atom is 0.294 e. The number of nitrogens with one attached hydrogen (secondary N) is 1. The number of fused-ring (bicyclic) bond motifs is 2. The Morgan fingerprint density at radius 2 is 2.07 bits per heavy atom. The number of nitrogens with zero attached hydrogens (tertiary/aromatic N) is 3. The van der Waals surface area contributed by atoms with Gasteiger partial charge in [0.05, 0.1) is 10.9 Å². The van der Waals surface area contributed by atoms with E-state index in [2.05, 4.69) is 4.98 Å². The first-order chi connectivity index (χ1) is 13.0. The molecule has 2 aromatic heterocycles. The fourth-order valence-electron chi connectivity index (χ4n) is 3.62. The lowest BCUT2D eigenvalue weighted by atomic mass is 9.99. The van der Waals surface area contributed by atoms with E-state index in [0.717, 1.165) is 10.1 Å². The van der Waals surface area contributed by atoms with Crippen molar-refractivity contribution >= 4 is 33.2 Å². The van der Waals surface area contributed by atoms with E-state index < -0.39 is 5.91 Å². The molecule has 8 heteroatoms. The summed E-state index contributed by atoms with van der Waals surface area (Å²) in [6.45, 7) is 5.17. The molecular weight excluding hydrogens is 364 g/mol. The van der Waals surface area contributed by atoms with E-state index in [9.17, 15) is 9.59 Å². The van der Waals surface area contributed by atoms with E-state index in [1.54, 1.807) is 11.7 Å². The van der Waals surface area contributed by atoms with Crippen molar-refractivity contribution in [2.45, 2.75) is 26.4 Å². The van der Waals surface area contributed by atoms with Crippen molar-refractivity contribution in [3.05, 3.63) is 52.9 Å². The Balaban J connectivity index is 1.71. The van der Waals surface area contributed by atoms with Crippen molar-refractivity contribution in [2.24, 2.45) is 5.92 Å². The molecular formula is C19H20N4O3S. The highest BCUT2D eigenvalue weighted by atomic mass is 32.1. The van der Waals surface area contributed by atoms with Crippen LogP contribution in [0.15, 0.2) is 36.5 Å². The van der Waals surface area contributed by atoms with Gasteiger partial charge in [-0.25, -0.2) is 10.5 Å². The number of imidazole rings is 1. The van der Waals surface area contributed by atoms with Crippen LogP contribution in [-0.4, -0.2) is 38.0 Å². The SMILES string of the molecule is CC(C)C1c2nc(C(=O)NO)cn2CCN1C(=O)c1cc2ccccc2s1. The minimum absolute atomic E-state index is 0.0164. The summed E-state index contributed by atoms with van der Waals surface area (Å²) in [5, 5.41) is 9.93. The molecule has 4 rings (SSSR count). The summed E-state index contributed by atoms with van der Waals surface area (Å²) >= 11 is 1.49. The highest BCUT2D eigenvalue weighted by molar-refractivity contribution is 7.20. The van der Waals surface area contributed by atoms with Crippen LogP contribution in [0.2, 0.25) is 0 Å². The predicted octanol–water partition coefficient (Wildman–Crippen LogP) is 3.07. The molecule has 1 unspecified atom stereocenters. The highest BCUT2D eigenvalue weighted by Crippen LogP contribution is 2.35. The number of hydrogen-bond acceptors (Lipinski definition) is 5. The second-order valence-electron chi connectivity index (χ2n) is 6.95. The molecule has 2 amide bonds. The molecule has 0 fully saturated rings. The van der Waals surface area contributed by atoms with Crippen LogP contribution in [0.25, 0.3) is 10.1 Å². The lowest BCUT2D eigenvalue weighted by Crippen LogP contribution is -2.44. The lowest BCUT2D eigenvalue weighted by molar-refractivity contribution is 0.0551. The molecule has 0 radical (unpaired) electrons. The molecule has 140 valence electrons. The maximum atomic E-state index is 13.3. The molecule has 0 aliphatic carbocycles. The van der Waals surface area contributed by atoms with Crippen molar-refractivity contribution in [1.29, 1.82) is 0 Å². The van der Waals surface area contributed by atoms with E-state index in [4.69, 9.17) is 5.21 Å². The Hall–Kier alpha value is -2.71. The zero-order valence-electron chi connectivity index (χ0n) is 15.0. The first-order valence-corrected chi connectivity index (χ1v) is 9.62. The van der Waals surface area contributed by atoms with Gasteiger partial charge in [0, 0.05) is 24.0 Å². The first kappa shape index (κ1) is 17.7. The Labute approximate surface area is 160 Å². The maximum absolute atomic E-state index is 13.3. The monoisotopic (exact) mass is 384 g/mol. The molecule has 2 N–H and O–H groups in total. The van der Waals surface area contributed by atoms with Crippen molar-refractivity contribution in [2.75, 3.05) is 6.54 Å². The minimum Gasteiger partial charge on any atom is -0.331 e. The van der Waals surface area contributed by atoms with Crippen LogP contribution < -0.4 is 5.48 Å². The topological polar surface area (TPSA) is 87.5 Å². The lowest BCUT2D eigenvalue weighted by Gasteiger charge is -2.38. The molecule has 1 aromatic carbocycles. The normalized spacial score (nSPS) is 16.6. The van der Waals surface area contributed by atoms with Gasteiger partial charge in [0.15, 0.2) is 0 Å². The van der Waals surface area contributed by atoms with Gasteiger partial charge in [0.1, 0.15) is 11.5 Å². The predicted molar refractivity (Wildman–Crippen MR) is 102 cm³/mol. The number of aromatic nitrogens is 2. The van der Waals surface area contributed by atoms with Crippen LogP contribution in [0.5, 0.6) is 0 Å². The first-order valence-electron chi connectivity index (χ1n) is 8.80. The zero-order valence-corrected chi connectivity index (χ0v) is 15.9. The minimum atomic E-state index is -0.651. The van der Waals surface area contributed by atoms with E-state index in [0.29, 0.717) is 23.8 Å². The van der Waals surface area contributed by atoms with Crippen LogP contribution in [-0.2, 0) is 6.54 Å². The summed E-state index contributed by atoms with van der Waals surface area (Å²) in [7, 11) is 0. The van der Waals surface area contributed by atoms with E-state index in [-0.39, 0.29) is 23.6 Å². The number of carbonyl (C=O) groups is 2. The fraction of sp³-hybridized carbons (Fsp3) is 0.316. The van der Waals surface area contributed by atoms with Gasteiger partial charge in [0.2, 0.25) is 0 Å². The van der Waals surface area contributed by atoms with Gasteiger partial charge in [-0.2, -0.15) is 0 Å². The standard InChI is InChI=1S/C19H20N4O3S/c1-11(2)16-17-20-13(18(24)21-26)10-22(17)7-8-23(16)19(25)15-9-12-5-3-4-6-14(12)27-15/h3-6,9-11,16,26H,7-8H2,1-2H3,(H,21,24). The second-order valence-corrected chi connectivity index (χ2v) is 8.04. The molecule has 0 spiro atoms. The number of benzene rings is 1. The molecule has 1 atom stereocenters. The van der Waals surface area contributed by atoms with Gasteiger partial charge in [0.25, 0.3) is 11.8 Å². The van der Waals surface area contributed by atoms with Crippen LogP contribution in [0.3, 0.4) is 0 Å². The molecule has 7 nitrogen and oxygen atoms in total. The summed E-state index contributed by atoms with van der Waals surface area (Å²) < 4.78 is 2.98. The third kappa shape index (κ3) is 3.00. The highest BCUT2D eigenvalue weighted by Gasteiger charge is 2.36. The van der Waals surface area contributed by atoms with Crippen molar-refractivity contribution < 1.29 is 14.8 Å². The number of hydroxylamine groups is 1. The Morgan fingerprint density at radius 3 is 2.78 bits per heavy atom. The molecule has 27 heavy (non-hydrogen) atoms. The van der Waals surface area contributed by atoms with Gasteiger partial charge in [-0.1, -0.05) is 32.0 Å². The smallest absolute Gasteiger partial charge is 0.294 e. The molecule has 1 aliphatic rings. The van der Waals surface area contributed by atoms with Crippen LogP contribution in [0.1, 0.15) is 45.9 Å². The van der Waals surface area contributed by atoms with Crippen molar-refractivity contribution in [1.82, 2.24) is 19.9 Å². The Kier molecular flexibility index (Phi) is 4.45. The van der Waals surface area contributed by atoms with Crippen LogP contribution in [0.4, 0.5) is 0 Å². The summed E-state index contributed by atoms with van der Waals surface area (Å²) in [6.07, 6.45) is 1.62. The summed E-state index contributed by atoms with van der Waals surface area (Å²) in [6, 6.07) is 9.65. The van der Waals surface area contributed by atoms with E-state index >= 15 is 0 Å². The van der Waals surface area contributed by atoms with Gasteiger partial charge < -0.3 is 9.47 Å². The Morgan fingerprint density at radius 1 is 1.30 bits per heavy atom. The largest absolute Gasteiger partial charge is 0.331 e. The van der Waals surface area contributed by atoms with Gasteiger partial charge in [-0.3, -0.25) is 14.8 Å². The van der Waals surface area contributed by atoms with E-state index in [1.165, 1.54) is 11.3 Å². The number of amides is 2. The average Bonchev–Trinajstić information content (AvgIpc) is 3.29. The summed E-state index contributed by atoms with van der Waals surface area (Å²) in [5.74, 6) is 0.123. The fourth-order valence-corrected chi connectivity index (χ4v) is 4.64. The van der Waals surface area contributed by atoms with Crippen LogP contribution in [0, 0.1) is 5.92 Å². The van der Waals surface area contributed by atoms with Crippen LogP contribution >= 0.6 is 11.3 Å². The quantitative estimate of drug-likeness (QED) is 0.537. The molecule has 0 saturated carbocycles. The molecule has 3 heterocycles. The second kappa shape index (κ2) is 6.79. The van der Waals surface area contributed by atoms with Gasteiger partial charge in [-0.15, -0.1) is 11.3 Å².